The Labute approximate surface area is 120 Å². The lowest BCUT2D eigenvalue weighted by molar-refractivity contribution is -0.138. The number of benzene rings is 2. The summed E-state index contributed by atoms with van der Waals surface area (Å²) in [5, 5.41) is 19.0. The van der Waals surface area contributed by atoms with Crippen LogP contribution in [-0.2, 0) is 12.4 Å². The first-order valence-electron chi connectivity index (χ1n) is 5.81. The number of phenolic OH excluding ortho intramolecular Hbond substituents is 2. The summed E-state index contributed by atoms with van der Waals surface area (Å²) in [5.41, 5.74) is -3.45. The number of aromatic hydroxyl groups is 2. The van der Waals surface area contributed by atoms with Crippen molar-refractivity contribution in [2.75, 3.05) is 0 Å². The average molecular weight is 322 g/mol. The van der Waals surface area contributed by atoms with Crippen LogP contribution in [0.3, 0.4) is 0 Å². The van der Waals surface area contributed by atoms with Crippen molar-refractivity contribution in [3.63, 3.8) is 0 Å². The fraction of sp³-hybridized carbons (Fsp3) is 0.143. The molecule has 0 aliphatic carbocycles. The Balaban J connectivity index is 2.65. The van der Waals surface area contributed by atoms with E-state index in [4.69, 9.17) is 0 Å². The van der Waals surface area contributed by atoms with E-state index in [0.717, 1.165) is 18.2 Å². The van der Waals surface area contributed by atoms with Crippen molar-refractivity contribution in [2.45, 2.75) is 12.4 Å². The van der Waals surface area contributed by atoms with Gasteiger partial charge < -0.3 is 10.2 Å². The van der Waals surface area contributed by atoms with E-state index in [0.29, 0.717) is 18.2 Å². The van der Waals surface area contributed by atoms with Crippen molar-refractivity contribution in [1.82, 2.24) is 0 Å². The van der Waals surface area contributed by atoms with Gasteiger partial charge in [0.2, 0.25) is 0 Å². The van der Waals surface area contributed by atoms with Gasteiger partial charge in [0.25, 0.3) is 0 Å². The molecule has 0 aliphatic heterocycles. The second kappa shape index (κ2) is 5.11. The van der Waals surface area contributed by atoms with E-state index in [1.54, 1.807) is 0 Å². The van der Waals surface area contributed by atoms with Gasteiger partial charge in [-0.05, 0) is 30.3 Å². The molecule has 0 heterocycles. The van der Waals surface area contributed by atoms with Crippen LogP contribution < -0.4 is 0 Å². The van der Waals surface area contributed by atoms with E-state index in [1.807, 2.05) is 0 Å². The maximum absolute atomic E-state index is 12.9. The van der Waals surface area contributed by atoms with Gasteiger partial charge in [0.15, 0.2) is 0 Å². The topological polar surface area (TPSA) is 40.5 Å². The minimum absolute atomic E-state index is 0.333. The fourth-order valence-corrected chi connectivity index (χ4v) is 1.94. The van der Waals surface area contributed by atoms with Crippen LogP contribution in [0.4, 0.5) is 26.3 Å². The van der Waals surface area contributed by atoms with Crippen LogP contribution in [-0.4, -0.2) is 10.2 Å². The highest BCUT2D eigenvalue weighted by Crippen LogP contribution is 2.43. The molecule has 0 unspecified atom stereocenters. The molecular weight excluding hydrogens is 314 g/mol. The highest BCUT2D eigenvalue weighted by molar-refractivity contribution is 5.75. The first-order chi connectivity index (χ1) is 10.00. The monoisotopic (exact) mass is 322 g/mol. The minimum atomic E-state index is -4.79. The Kier molecular flexibility index (Phi) is 3.72. The minimum Gasteiger partial charge on any atom is -0.508 e. The summed E-state index contributed by atoms with van der Waals surface area (Å²) >= 11 is 0. The molecule has 0 bridgehead atoms. The molecule has 0 saturated carbocycles. The Morgan fingerprint density at radius 1 is 0.682 bits per heavy atom. The van der Waals surface area contributed by atoms with Crippen molar-refractivity contribution in [3.05, 3.63) is 47.5 Å². The number of rotatable bonds is 1. The molecule has 0 atom stereocenters. The van der Waals surface area contributed by atoms with Gasteiger partial charge in [-0.3, -0.25) is 0 Å². The molecule has 0 amide bonds. The second-order valence-corrected chi connectivity index (χ2v) is 4.46. The standard InChI is InChI=1S/C14H8F6O2/c15-13(16,17)7-1-3-9(12(22)5-7)10-6-8(21)2-4-11(10)14(18,19)20/h1-6,21-22H. The molecule has 0 fully saturated rings. The summed E-state index contributed by atoms with van der Waals surface area (Å²) in [7, 11) is 0. The Bertz CT molecular complexity index is 703. The molecule has 2 nitrogen and oxygen atoms in total. The quantitative estimate of drug-likeness (QED) is 0.740. The number of phenols is 2. The van der Waals surface area contributed by atoms with Crippen molar-refractivity contribution in [2.24, 2.45) is 0 Å². The summed E-state index contributed by atoms with van der Waals surface area (Å²) in [6.07, 6.45) is -9.53. The van der Waals surface area contributed by atoms with Gasteiger partial charge in [-0.25, -0.2) is 0 Å². The van der Waals surface area contributed by atoms with E-state index >= 15 is 0 Å². The zero-order valence-electron chi connectivity index (χ0n) is 10.6. The van der Waals surface area contributed by atoms with Crippen LogP contribution in [0.2, 0.25) is 0 Å². The molecule has 0 radical (unpaired) electrons. The summed E-state index contributed by atoms with van der Waals surface area (Å²) in [6.45, 7) is 0. The Hall–Kier alpha value is -2.38. The molecule has 2 aromatic rings. The van der Waals surface area contributed by atoms with Gasteiger partial charge in [0, 0.05) is 11.1 Å². The van der Waals surface area contributed by atoms with Gasteiger partial charge in [-0.1, -0.05) is 6.07 Å². The summed E-state index contributed by atoms with van der Waals surface area (Å²) < 4.78 is 76.3. The number of halogens is 6. The predicted molar refractivity (Wildman–Crippen MR) is 65.2 cm³/mol. The van der Waals surface area contributed by atoms with Crippen LogP contribution in [0.5, 0.6) is 11.5 Å². The zero-order valence-corrected chi connectivity index (χ0v) is 10.6. The lowest BCUT2D eigenvalue weighted by Gasteiger charge is -2.15. The lowest BCUT2D eigenvalue weighted by Crippen LogP contribution is -2.08. The Morgan fingerprint density at radius 2 is 1.32 bits per heavy atom. The molecule has 2 rings (SSSR count). The summed E-state index contributed by atoms with van der Waals surface area (Å²) in [5.74, 6) is -1.48. The fourth-order valence-electron chi connectivity index (χ4n) is 1.94. The summed E-state index contributed by atoms with van der Waals surface area (Å²) in [4.78, 5) is 0. The molecule has 118 valence electrons. The molecule has 8 heteroatoms. The van der Waals surface area contributed by atoms with E-state index in [-0.39, 0.29) is 0 Å². The van der Waals surface area contributed by atoms with Gasteiger partial charge in [-0.15, -0.1) is 0 Å². The summed E-state index contributed by atoms with van der Waals surface area (Å²) in [6, 6.07) is 3.72. The second-order valence-electron chi connectivity index (χ2n) is 4.46. The maximum atomic E-state index is 12.9. The van der Waals surface area contributed by atoms with Gasteiger partial charge >= 0.3 is 12.4 Å². The number of hydrogen-bond acceptors (Lipinski definition) is 2. The predicted octanol–water partition coefficient (Wildman–Crippen LogP) is 4.80. The molecule has 0 spiro atoms. The lowest BCUT2D eigenvalue weighted by atomic mass is 9.97. The molecular formula is C14H8F6O2. The average Bonchev–Trinajstić information content (AvgIpc) is 2.35. The number of hydrogen-bond donors (Lipinski definition) is 2. The van der Waals surface area contributed by atoms with Crippen molar-refractivity contribution in [1.29, 1.82) is 0 Å². The molecule has 0 aliphatic rings. The van der Waals surface area contributed by atoms with Crippen LogP contribution in [0.1, 0.15) is 11.1 Å². The van der Waals surface area contributed by atoms with Crippen LogP contribution >= 0.6 is 0 Å². The molecule has 2 aromatic carbocycles. The van der Waals surface area contributed by atoms with E-state index < -0.39 is 46.1 Å². The molecule has 2 N–H and O–H groups in total. The molecule has 0 saturated heterocycles. The SMILES string of the molecule is Oc1ccc(C(F)(F)F)c(-c2ccc(C(F)(F)F)cc2O)c1. The third-order valence-electron chi connectivity index (χ3n) is 2.92. The maximum Gasteiger partial charge on any atom is 0.417 e. The normalized spacial score (nSPS) is 12.5. The highest BCUT2D eigenvalue weighted by atomic mass is 19.4. The van der Waals surface area contributed by atoms with E-state index in [2.05, 4.69) is 0 Å². The number of alkyl halides is 6. The Morgan fingerprint density at radius 3 is 1.82 bits per heavy atom. The van der Waals surface area contributed by atoms with E-state index in [1.165, 1.54) is 0 Å². The zero-order chi connectivity index (χ0) is 16.7. The molecule has 0 aromatic heterocycles. The van der Waals surface area contributed by atoms with Crippen LogP contribution in [0, 0.1) is 0 Å². The smallest absolute Gasteiger partial charge is 0.417 e. The molecule has 22 heavy (non-hydrogen) atoms. The highest BCUT2D eigenvalue weighted by Gasteiger charge is 2.35. The van der Waals surface area contributed by atoms with Gasteiger partial charge in [-0.2, -0.15) is 26.3 Å². The van der Waals surface area contributed by atoms with Crippen molar-refractivity contribution >= 4 is 0 Å². The van der Waals surface area contributed by atoms with E-state index in [9.17, 15) is 36.6 Å². The van der Waals surface area contributed by atoms with Crippen LogP contribution in [0.25, 0.3) is 11.1 Å². The van der Waals surface area contributed by atoms with Crippen LogP contribution in [0.15, 0.2) is 36.4 Å². The van der Waals surface area contributed by atoms with Gasteiger partial charge in [0.05, 0.1) is 11.1 Å². The van der Waals surface area contributed by atoms with Gasteiger partial charge in [0.1, 0.15) is 11.5 Å². The third kappa shape index (κ3) is 3.10. The van der Waals surface area contributed by atoms with Crippen molar-refractivity contribution in [3.8, 4) is 22.6 Å². The third-order valence-corrected chi connectivity index (χ3v) is 2.92. The first kappa shape index (κ1) is 16.0. The first-order valence-corrected chi connectivity index (χ1v) is 5.81. The largest absolute Gasteiger partial charge is 0.508 e. The van der Waals surface area contributed by atoms with Crippen molar-refractivity contribution < 1.29 is 36.6 Å².